The fourth-order valence-electron chi connectivity index (χ4n) is 1.20. The van der Waals surface area contributed by atoms with Gasteiger partial charge in [0, 0.05) is 16.8 Å². The van der Waals surface area contributed by atoms with Gasteiger partial charge in [-0.2, -0.15) is 0 Å². The Hall–Kier alpha value is 0.310. The summed E-state index contributed by atoms with van der Waals surface area (Å²) < 4.78 is 0. The zero-order valence-electron chi connectivity index (χ0n) is 7.78. The molecule has 0 heterocycles. The molecule has 2 unspecified atom stereocenters. The highest BCUT2D eigenvalue weighted by molar-refractivity contribution is 6.40. The van der Waals surface area contributed by atoms with Gasteiger partial charge in [0.1, 0.15) is 0 Å². The van der Waals surface area contributed by atoms with Gasteiger partial charge in [-0.25, -0.2) is 0 Å². The Labute approximate surface area is 94.3 Å². The van der Waals surface area contributed by atoms with Crippen molar-refractivity contribution in [2.45, 2.75) is 18.7 Å². The molecule has 0 aromatic heterocycles. The van der Waals surface area contributed by atoms with Crippen molar-refractivity contribution in [1.82, 2.24) is 6.15 Å². The van der Waals surface area contributed by atoms with E-state index in [9.17, 15) is 0 Å². The summed E-state index contributed by atoms with van der Waals surface area (Å²) in [6.07, 6.45) is 3.77. The Balaban J connectivity index is 0.00000144. The summed E-state index contributed by atoms with van der Waals surface area (Å²) in [4.78, 5) is -0.486. The van der Waals surface area contributed by atoms with Gasteiger partial charge in [-0.05, 0) is 13.0 Å². The summed E-state index contributed by atoms with van der Waals surface area (Å²) in [5.74, 6) is 0.721. The second-order valence-electron chi connectivity index (χ2n) is 3.19. The molecule has 0 aliphatic heterocycles. The average molecular weight is 243 g/mol. The van der Waals surface area contributed by atoms with Crippen molar-refractivity contribution in [1.29, 1.82) is 0 Å². The lowest BCUT2D eigenvalue weighted by molar-refractivity contribution is 0.550. The van der Waals surface area contributed by atoms with Crippen LogP contribution in [-0.2, 0) is 0 Å². The number of alkyl halides is 2. The third kappa shape index (κ3) is 2.41. The van der Waals surface area contributed by atoms with Gasteiger partial charge < -0.3 is 6.15 Å². The molecular weight excluding hydrogens is 228 g/mol. The van der Waals surface area contributed by atoms with E-state index < -0.39 is 4.87 Å². The van der Waals surface area contributed by atoms with Crippen LogP contribution in [0.4, 0.5) is 0 Å². The van der Waals surface area contributed by atoms with Gasteiger partial charge in [-0.3, -0.25) is 0 Å². The first kappa shape index (κ1) is 13.3. The maximum atomic E-state index is 6.25. The molecule has 1 nitrogen and oxygen atoms in total. The molecule has 0 fully saturated rings. The molecule has 1 aliphatic rings. The van der Waals surface area contributed by atoms with E-state index in [4.69, 9.17) is 34.8 Å². The van der Waals surface area contributed by atoms with Crippen molar-refractivity contribution in [2.75, 3.05) is 5.88 Å². The number of hydrogen-bond acceptors (Lipinski definition) is 1. The van der Waals surface area contributed by atoms with Crippen molar-refractivity contribution in [2.24, 2.45) is 5.92 Å². The van der Waals surface area contributed by atoms with E-state index in [1.807, 2.05) is 26.0 Å². The minimum atomic E-state index is -0.486. The zero-order valence-corrected chi connectivity index (χ0v) is 10.0. The van der Waals surface area contributed by atoms with Gasteiger partial charge >= 0.3 is 0 Å². The summed E-state index contributed by atoms with van der Waals surface area (Å²) in [7, 11) is 0. The maximum absolute atomic E-state index is 6.25. The topological polar surface area (TPSA) is 35.0 Å². The van der Waals surface area contributed by atoms with Crippen molar-refractivity contribution in [3.8, 4) is 0 Å². The summed E-state index contributed by atoms with van der Waals surface area (Å²) in [6.45, 7) is 3.95. The summed E-state index contributed by atoms with van der Waals surface area (Å²) in [6, 6.07) is 0. The van der Waals surface area contributed by atoms with Crippen LogP contribution in [0.25, 0.3) is 0 Å². The first-order chi connectivity index (χ1) is 5.50. The van der Waals surface area contributed by atoms with Gasteiger partial charge in [-0.1, -0.05) is 30.2 Å². The molecule has 0 spiro atoms. The Morgan fingerprint density at radius 2 is 2.00 bits per heavy atom. The second-order valence-corrected chi connectivity index (χ2v) is 4.65. The van der Waals surface area contributed by atoms with Crippen LogP contribution in [0.3, 0.4) is 0 Å². The Bertz CT molecular complexity index is 243. The predicted molar refractivity (Wildman–Crippen MR) is 61.2 cm³/mol. The molecule has 0 radical (unpaired) electrons. The SMILES string of the molecule is CC1C(CCl)=CC=C(Cl)C1(C)Cl.N. The molecule has 0 amide bonds. The smallest absolute Gasteiger partial charge is 0.0835 e. The Kier molecular flexibility index (Phi) is 4.81. The molecule has 0 saturated heterocycles. The molecule has 0 aromatic rings. The third-order valence-corrected chi connectivity index (χ3v) is 3.89. The Morgan fingerprint density at radius 1 is 1.46 bits per heavy atom. The molecule has 1 aliphatic carbocycles. The molecular formula is C9H14Cl3N. The second kappa shape index (κ2) is 4.70. The highest BCUT2D eigenvalue weighted by Crippen LogP contribution is 2.42. The van der Waals surface area contributed by atoms with Crippen molar-refractivity contribution < 1.29 is 0 Å². The van der Waals surface area contributed by atoms with E-state index in [1.165, 1.54) is 0 Å². The molecule has 2 atom stereocenters. The lowest BCUT2D eigenvalue weighted by atomic mass is 9.84. The average Bonchev–Trinajstić information content (AvgIpc) is 2.02. The standard InChI is InChI=1S/C9H11Cl3.H3N/c1-6-7(5-10)3-4-8(11)9(6,2)12;/h3-4,6H,5H2,1-2H3;1H3. The van der Waals surface area contributed by atoms with Gasteiger partial charge in [0.25, 0.3) is 0 Å². The summed E-state index contributed by atoms with van der Waals surface area (Å²) in [5.41, 5.74) is 1.14. The molecule has 0 aromatic carbocycles. The van der Waals surface area contributed by atoms with E-state index in [-0.39, 0.29) is 12.1 Å². The summed E-state index contributed by atoms with van der Waals surface area (Å²) in [5, 5.41) is 0.686. The van der Waals surface area contributed by atoms with Gasteiger partial charge in [-0.15, -0.1) is 23.2 Å². The van der Waals surface area contributed by atoms with Gasteiger partial charge in [0.2, 0.25) is 0 Å². The predicted octanol–water partition coefficient (Wildman–Crippen LogP) is 4.08. The summed E-state index contributed by atoms with van der Waals surface area (Å²) >= 11 is 18.0. The van der Waals surface area contributed by atoms with Crippen molar-refractivity contribution >= 4 is 34.8 Å². The van der Waals surface area contributed by atoms with Crippen LogP contribution >= 0.6 is 34.8 Å². The highest BCUT2D eigenvalue weighted by atomic mass is 35.5. The number of hydrogen-bond donors (Lipinski definition) is 1. The van der Waals surface area contributed by atoms with Gasteiger partial charge in [0.15, 0.2) is 0 Å². The molecule has 0 bridgehead atoms. The van der Waals surface area contributed by atoms with Crippen LogP contribution in [0.5, 0.6) is 0 Å². The molecule has 76 valence electrons. The van der Waals surface area contributed by atoms with E-state index in [2.05, 4.69) is 0 Å². The quantitative estimate of drug-likeness (QED) is 0.691. The first-order valence-electron chi connectivity index (χ1n) is 3.81. The lowest BCUT2D eigenvalue weighted by Gasteiger charge is -2.33. The molecule has 3 N–H and O–H groups in total. The fraction of sp³-hybridized carbons (Fsp3) is 0.556. The minimum Gasteiger partial charge on any atom is -0.344 e. The van der Waals surface area contributed by atoms with Crippen LogP contribution in [0, 0.1) is 5.92 Å². The monoisotopic (exact) mass is 241 g/mol. The van der Waals surface area contributed by atoms with Crippen LogP contribution in [0.2, 0.25) is 0 Å². The highest BCUT2D eigenvalue weighted by Gasteiger charge is 2.35. The van der Waals surface area contributed by atoms with Crippen LogP contribution in [0.1, 0.15) is 13.8 Å². The largest absolute Gasteiger partial charge is 0.344 e. The van der Waals surface area contributed by atoms with Gasteiger partial charge in [0.05, 0.1) is 4.87 Å². The van der Waals surface area contributed by atoms with Crippen molar-refractivity contribution in [3.63, 3.8) is 0 Å². The van der Waals surface area contributed by atoms with E-state index >= 15 is 0 Å². The first-order valence-corrected chi connectivity index (χ1v) is 5.10. The van der Waals surface area contributed by atoms with Crippen molar-refractivity contribution in [3.05, 3.63) is 22.8 Å². The normalized spacial score (nSPS) is 33.2. The lowest BCUT2D eigenvalue weighted by Crippen LogP contribution is -2.30. The third-order valence-electron chi connectivity index (χ3n) is 2.43. The molecule has 0 saturated carbocycles. The molecule has 4 heteroatoms. The van der Waals surface area contributed by atoms with Crippen LogP contribution in [0.15, 0.2) is 22.8 Å². The molecule has 13 heavy (non-hydrogen) atoms. The zero-order chi connectivity index (χ0) is 9.35. The van der Waals surface area contributed by atoms with E-state index in [0.29, 0.717) is 10.9 Å². The number of halogens is 3. The molecule has 1 rings (SSSR count). The van der Waals surface area contributed by atoms with Crippen LogP contribution < -0.4 is 6.15 Å². The fourth-order valence-corrected chi connectivity index (χ4v) is 1.95. The van der Waals surface area contributed by atoms with E-state index in [0.717, 1.165) is 5.57 Å². The Morgan fingerprint density at radius 3 is 2.46 bits per heavy atom. The number of rotatable bonds is 1. The minimum absolute atomic E-state index is 0. The number of allylic oxidation sites excluding steroid dienone is 4. The van der Waals surface area contributed by atoms with Crippen LogP contribution in [-0.4, -0.2) is 10.8 Å². The maximum Gasteiger partial charge on any atom is 0.0835 e. The van der Waals surface area contributed by atoms with E-state index in [1.54, 1.807) is 0 Å².